The van der Waals surface area contributed by atoms with Crippen molar-refractivity contribution < 1.29 is 9.47 Å². The third kappa shape index (κ3) is 1.57. The molecular formula is C9H10ClNO2. The zero-order valence-corrected chi connectivity index (χ0v) is 7.80. The Morgan fingerprint density at radius 1 is 1.31 bits per heavy atom. The number of halogens is 1. The second kappa shape index (κ2) is 3.44. The van der Waals surface area contributed by atoms with E-state index in [1.807, 2.05) is 6.07 Å². The van der Waals surface area contributed by atoms with Crippen LogP contribution in [0.1, 0.15) is 5.56 Å². The predicted molar refractivity (Wildman–Crippen MR) is 50.3 cm³/mol. The average molecular weight is 200 g/mol. The van der Waals surface area contributed by atoms with Crippen molar-refractivity contribution in [2.75, 3.05) is 13.2 Å². The Kier molecular flexibility index (Phi) is 2.29. The normalized spacial score (nSPS) is 14.3. The van der Waals surface area contributed by atoms with Crippen LogP contribution in [0.4, 0.5) is 0 Å². The highest BCUT2D eigenvalue weighted by molar-refractivity contribution is 6.32. The maximum Gasteiger partial charge on any atom is 0.179 e. The number of hydrogen-bond acceptors (Lipinski definition) is 3. The molecule has 1 aromatic carbocycles. The largest absolute Gasteiger partial charge is 0.486 e. The number of ether oxygens (including phenoxy) is 2. The minimum Gasteiger partial charge on any atom is -0.486 e. The van der Waals surface area contributed by atoms with E-state index in [2.05, 4.69) is 0 Å². The van der Waals surface area contributed by atoms with Gasteiger partial charge in [-0.2, -0.15) is 0 Å². The molecule has 70 valence electrons. The molecule has 1 aromatic rings. The van der Waals surface area contributed by atoms with Crippen LogP contribution >= 0.6 is 11.6 Å². The first-order chi connectivity index (χ1) is 6.31. The first-order valence-electron chi connectivity index (χ1n) is 4.09. The second-order valence-electron chi connectivity index (χ2n) is 2.81. The Morgan fingerprint density at radius 2 is 2.08 bits per heavy atom. The van der Waals surface area contributed by atoms with E-state index in [0.29, 0.717) is 36.3 Å². The summed E-state index contributed by atoms with van der Waals surface area (Å²) in [5.41, 5.74) is 6.45. The first-order valence-corrected chi connectivity index (χ1v) is 4.47. The SMILES string of the molecule is NCc1cc(Cl)c2c(c1)OCCO2. The molecule has 0 unspecified atom stereocenters. The van der Waals surface area contributed by atoms with Crippen molar-refractivity contribution >= 4 is 11.6 Å². The molecular weight excluding hydrogens is 190 g/mol. The van der Waals surface area contributed by atoms with Crippen LogP contribution < -0.4 is 15.2 Å². The van der Waals surface area contributed by atoms with Gasteiger partial charge in [-0.3, -0.25) is 0 Å². The summed E-state index contributed by atoms with van der Waals surface area (Å²) in [7, 11) is 0. The molecule has 1 heterocycles. The molecule has 0 saturated heterocycles. The van der Waals surface area contributed by atoms with Crippen molar-refractivity contribution in [2.24, 2.45) is 5.73 Å². The molecule has 0 amide bonds. The van der Waals surface area contributed by atoms with Gasteiger partial charge in [-0.25, -0.2) is 0 Å². The molecule has 0 atom stereocenters. The highest BCUT2D eigenvalue weighted by Gasteiger charge is 2.15. The summed E-state index contributed by atoms with van der Waals surface area (Å²) in [6, 6.07) is 3.66. The maximum absolute atomic E-state index is 5.97. The van der Waals surface area contributed by atoms with Crippen LogP contribution in [0.5, 0.6) is 11.5 Å². The van der Waals surface area contributed by atoms with Gasteiger partial charge >= 0.3 is 0 Å². The lowest BCUT2D eigenvalue weighted by Gasteiger charge is -2.19. The molecule has 13 heavy (non-hydrogen) atoms. The summed E-state index contributed by atoms with van der Waals surface area (Å²) >= 11 is 5.97. The van der Waals surface area contributed by atoms with Gasteiger partial charge in [0.25, 0.3) is 0 Å². The Balaban J connectivity index is 2.47. The lowest BCUT2D eigenvalue weighted by Crippen LogP contribution is -2.16. The topological polar surface area (TPSA) is 44.5 Å². The van der Waals surface area contributed by atoms with Gasteiger partial charge in [0.1, 0.15) is 13.2 Å². The van der Waals surface area contributed by atoms with Crippen molar-refractivity contribution in [2.45, 2.75) is 6.54 Å². The van der Waals surface area contributed by atoms with Crippen molar-refractivity contribution in [1.82, 2.24) is 0 Å². The summed E-state index contributed by atoms with van der Waals surface area (Å²) in [6.07, 6.45) is 0. The van der Waals surface area contributed by atoms with E-state index in [0.717, 1.165) is 5.56 Å². The van der Waals surface area contributed by atoms with Gasteiger partial charge in [-0.15, -0.1) is 0 Å². The van der Waals surface area contributed by atoms with Gasteiger partial charge in [0.15, 0.2) is 11.5 Å². The fourth-order valence-corrected chi connectivity index (χ4v) is 1.57. The van der Waals surface area contributed by atoms with Crippen LogP contribution in [0, 0.1) is 0 Å². The molecule has 0 fully saturated rings. The van der Waals surface area contributed by atoms with E-state index in [9.17, 15) is 0 Å². The Hall–Kier alpha value is -0.930. The highest BCUT2D eigenvalue weighted by atomic mass is 35.5. The number of benzene rings is 1. The first kappa shape index (κ1) is 8.66. The smallest absolute Gasteiger partial charge is 0.179 e. The molecule has 1 aliphatic rings. The molecule has 2 N–H and O–H groups in total. The van der Waals surface area contributed by atoms with E-state index in [1.54, 1.807) is 6.07 Å². The van der Waals surface area contributed by atoms with Gasteiger partial charge in [0.2, 0.25) is 0 Å². The van der Waals surface area contributed by atoms with E-state index in [1.165, 1.54) is 0 Å². The molecule has 0 bridgehead atoms. The molecule has 0 aromatic heterocycles. The third-order valence-corrected chi connectivity index (χ3v) is 2.17. The van der Waals surface area contributed by atoms with Gasteiger partial charge in [0, 0.05) is 6.54 Å². The zero-order chi connectivity index (χ0) is 9.26. The number of fused-ring (bicyclic) bond motifs is 1. The zero-order valence-electron chi connectivity index (χ0n) is 7.05. The molecule has 0 aliphatic carbocycles. The van der Waals surface area contributed by atoms with Gasteiger partial charge in [0.05, 0.1) is 5.02 Å². The summed E-state index contributed by atoms with van der Waals surface area (Å²) < 4.78 is 10.7. The number of hydrogen-bond donors (Lipinski definition) is 1. The van der Waals surface area contributed by atoms with Crippen molar-refractivity contribution in [3.8, 4) is 11.5 Å². The van der Waals surface area contributed by atoms with Gasteiger partial charge in [-0.1, -0.05) is 11.6 Å². The fourth-order valence-electron chi connectivity index (χ4n) is 1.28. The van der Waals surface area contributed by atoms with Crippen LogP contribution in [0.3, 0.4) is 0 Å². The Bertz CT molecular complexity index is 328. The molecule has 2 rings (SSSR count). The summed E-state index contributed by atoms with van der Waals surface area (Å²) in [4.78, 5) is 0. The molecule has 4 heteroatoms. The van der Waals surface area contributed by atoms with Crippen LogP contribution in [0.25, 0.3) is 0 Å². The van der Waals surface area contributed by atoms with Crippen molar-refractivity contribution in [1.29, 1.82) is 0 Å². The molecule has 0 spiro atoms. The Labute approximate surface area is 81.4 Å². The van der Waals surface area contributed by atoms with Crippen LogP contribution in [0.15, 0.2) is 12.1 Å². The molecule has 0 radical (unpaired) electrons. The lowest BCUT2D eigenvalue weighted by atomic mass is 10.2. The Morgan fingerprint density at radius 3 is 2.85 bits per heavy atom. The van der Waals surface area contributed by atoms with E-state index >= 15 is 0 Å². The minimum atomic E-state index is 0.455. The molecule has 0 saturated carbocycles. The molecule has 3 nitrogen and oxygen atoms in total. The lowest BCUT2D eigenvalue weighted by molar-refractivity contribution is 0.171. The summed E-state index contributed by atoms with van der Waals surface area (Å²) in [5.74, 6) is 1.32. The molecule has 1 aliphatic heterocycles. The highest BCUT2D eigenvalue weighted by Crippen LogP contribution is 2.38. The summed E-state index contributed by atoms with van der Waals surface area (Å²) in [6.45, 7) is 1.57. The standard InChI is InChI=1S/C9H10ClNO2/c10-7-3-6(5-11)4-8-9(7)13-2-1-12-8/h3-4H,1-2,5,11H2. The van der Waals surface area contributed by atoms with Crippen LogP contribution in [-0.4, -0.2) is 13.2 Å². The van der Waals surface area contributed by atoms with Gasteiger partial charge < -0.3 is 15.2 Å². The van der Waals surface area contributed by atoms with E-state index in [4.69, 9.17) is 26.8 Å². The van der Waals surface area contributed by atoms with Gasteiger partial charge in [-0.05, 0) is 17.7 Å². The maximum atomic E-state index is 5.97. The second-order valence-corrected chi connectivity index (χ2v) is 3.21. The minimum absolute atomic E-state index is 0.455. The fraction of sp³-hybridized carbons (Fsp3) is 0.333. The van der Waals surface area contributed by atoms with E-state index < -0.39 is 0 Å². The van der Waals surface area contributed by atoms with Crippen LogP contribution in [0.2, 0.25) is 5.02 Å². The monoisotopic (exact) mass is 199 g/mol. The van der Waals surface area contributed by atoms with Crippen molar-refractivity contribution in [3.05, 3.63) is 22.7 Å². The number of rotatable bonds is 1. The van der Waals surface area contributed by atoms with Crippen molar-refractivity contribution in [3.63, 3.8) is 0 Å². The predicted octanol–water partition coefficient (Wildman–Crippen LogP) is 1.57. The van der Waals surface area contributed by atoms with E-state index in [-0.39, 0.29) is 0 Å². The summed E-state index contributed by atoms with van der Waals surface area (Å²) in [5, 5.41) is 0.567. The third-order valence-electron chi connectivity index (χ3n) is 1.89. The van der Waals surface area contributed by atoms with Crippen LogP contribution in [-0.2, 0) is 6.54 Å². The number of nitrogens with two attached hydrogens (primary N) is 1. The average Bonchev–Trinajstić information content (AvgIpc) is 2.18. The quantitative estimate of drug-likeness (QED) is 0.747.